The minimum atomic E-state index is -2.51. The fourth-order valence-corrected chi connectivity index (χ4v) is 3.70. The molecule has 0 aliphatic carbocycles. The summed E-state index contributed by atoms with van der Waals surface area (Å²) in [5.41, 5.74) is -0.564. The number of carbonyl (C=O) groups excluding carboxylic acids is 1. The van der Waals surface area contributed by atoms with Crippen LogP contribution in [0.25, 0.3) is 17.2 Å². The minimum absolute atomic E-state index is 0.152. The Labute approximate surface area is 197 Å². The molecule has 0 aromatic carbocycles. The highest BCUT2D eigenvalue weighted by molar-refractivity contribution is 5.87. The second-order valence-corrected chi connectivity index (χ2v) is 7.97. The van der Waals surface area contributed by atoms with Crippen molar-refractivity contribution >= 4 is 17.7 Å². The summed E-state index contributed by atoms with van der Waals surface area (Å²) in [4.78, 5) is 26.9. The number of aliphatic hydroxyl groups is 1. The quantitative estimate of drug-likeness (QED) is 0.400. The first kappa shape index (κ1) is 22.5. The second-order valence-electron chi connectivity index (χ2n) is 7.97. The summed E-state index contributed by atoms with van der Waals surface area (Å²) in [5.74, 6) is 0.518. The molecule has 1 aliphatic heterocycles. The number of halogens is 2. The summed E-state index contributed by atoms with van der Waals surface area (Å²) in [6.07, 6.45) is 2.16. The molecule has 4 aromatic rings. The zero-order chi connectivity index (χ0) is 24.6. The van der Waals surface area contributed by atoms with Crippen molar-refractivity contribution in [3.8, 4) is 17.2 Å². The molecule has 35 heavy (non-hydrogen) atoms. The lowest BCUT2D eigenvalue weighted by molar-refractivity contribution is -0.143. The van der Waals surface area contributed by atoms with Crippen LogP contribution in [0.3, 0.4) is 0 Å². The zero-order valence-electron chi connectivity index (χ0n) is 18.5. The lowest BCUT2D eigenvalue weighted by Gasteiger charge is -2.17. The van der Waals surface area contributed by atoms with Crippen LogP contribution >= 0.6 is 0 Å². The number of anilines is 2. The molecule has 14 heteroatoms. The van der Waals surface area contributed by atoms with E-state index < -0.39 is 24.5 Å². The van der Waals surface area contributed by atoms with E-state index in [9.17, 15) is 18.7 Å². The average molecular weight is 482 g/mol. The molecule has 1 unspecified atom stereocenters. The molecule has 1 atom stereocenters. The Bertz CT molecular complexity index is 1370. The maximum atomic E-state index is 12.5. The van der Waals surface area contributed by atoms with E-state index in [1.807, 2.05) is 0 Å². The van der Waals surface area contributed by atoms with Gasteiger partial charge in [-0.1, -0.05) is 11.3 Å². The maximum Gasteiger partial charge on any atom is 0.260 e. The summed E-state index contributed by atoms with van der Waals surface area (Å²) in [6.45, 7) is -0.0853. The van der Waals surface area contributed by atoms with Gasteiger partial charge in [-0.05, 0) is 18.2 Å². The smallest absolute Gasteiger partial charge is 0.260 e. The van der Waals surface area contributed by atoms with Crippen LogP contribution in [-0.2, 0) is 16.9 Å². The van der Waals surface area contributed by atoms with Gasteiger partial charge in [-0.15, -0.1) is 5.10 Å². The SMILES string of the molecule is CN1CCC(O)(c2cn(-c3cccc(-c4ccnc(Nc5ccn(CC(F)F)n5)n4)n3)nn2)C1=O. The summed E-state index contributed by atoms with van der Waals surface area (Å²) in [5, 5.41) is 25.7. The van der Waals surface area contributed by atoms with E-state index in [1.165, 1.54) is 28.2 Å². The van der Waals surface area contributed by atoms with Gasteiger partial charge in [0.2, 0.25) is 5.95 Å². The van der Waals surface area contributed by atoms with Gasteiger partial charge in [0.1, 0.15) is 12.2 Å². The Kier molecular flexibility index (Phi) is 5.64. The van der Waals surface area contributed by atoms with Gasteiger partial charge in [0.15, 0.2) is 17.2 Å². The monoisotopic (exact) mass is 482 g/mol. The first-order valence-electron chi connectivity index (χ1n) is 10.6. The summed E-state index contributed by atoms with van der Waals surface area (Å²) in [6, 6.07) is 8.40. The van der Waals surface area contributed by atoms with Crippen LogP contribution in [0.15, 0.2) is 48.9 Å². The number of carbonyl (C=O) groups is 1. The van der Waals surface area contributed by atoms with Crippen LogP contribution in [0.2, 0.25) is 0 Å². The van der Waals surface area contributed by atoms with Crippen molar-refractivity contribution in [2.45, 2.75) is 25.0 Å². The van der Waals surface area contributed by atoms with Crippen LogP contribution in [0, 0.1) is 0 Å². The predicted octanol–water partition coefficient (Wildman–Crippen LogP) is 1.37. The molecule has 1 fully saturated rings. The molecule has 1 saturated heterocycles. The number of hydrogen-bond donors (Lipinski definition) is 2. The van der Waals surface area contributed by atoms with Crippen LogP contribution in [0.1, 0.15) is 12.1 Å². The predicted molar refractivity (Wildman–Crippen MR) is 118 cm³/mol. The highest BCUT2D eigenvalue weighted by Gasteiger charge is 2.47. The summed E-state index contributed by atoms with van der Waals surface area (Å²) >= 11 is 0. The number of amides is 1. The van der Waals surface area contributed by atoms with Crippen molar-refractivity contribution in [3.05, 3.63) is 54.6 Å². The summed E-state index contributed by atoms with van der Waals surface area (Å²) in [7, 11) is 1.62. The molecule has 180 valence electrons. The van der Waals surface area contributed by atoms with Crippen LogP contribution < -0.4 is 5.32 Å². The molecule has 0 saturated carbocycles. The number of likely N-dealkylation sites (N-methyl/N-ethyl adjacent to an activating group) is 1. The van der Waals surface area contributed by atoms with E-state index in [4.69, 9.17) is 0 Å². The number of hydrogen-bond acceptors (Lipinski definition) is 9. The molecule has 5 rings (SSSR count). The fraction of sp³-hybridized carbons (Fsp3) is 0.286. The molecule has 0 bridgehead atoms. The van der Waals surface area contributed by atoms with Gasteiger partial charge in [0.25, 0.3) is 12.3 Å². The molecule has 0 spiro atoms. The van der Waals surface area contributed by atoms with E-state index >= 15 is 0 Å². The van der Waals surface area contributed by atoms with Crippen LogP contribution in [0.5, 0.6) is 0 Å². The molecule has 1 aliphatic rings. The van der Waals surface area contributed by atoms with E-state index in [2.05, 4.69) is 35.7 Å². The fourth-order valence-electron chi connectivity index (χ4n) is 3.70. The van der Waals surface area contributed by atoms with Crippen LogP contribution in [-0.4, -0.2) is 75.7 Å². The number of likely N-dealkylation sites (tertiary alicyclic amines) is 1. The number of nitrogens with zero attached hydrogens (tertiary/aromatic N) is 9. The Balaban J connectivity index is 1.37. The summed E-state index contributed by atoms with van der Waals surface area (Å²) < 4.78 is 27.6. The van der Waals surface area contributed by atoms with Gasteiger partial charge in [0.05, 0.1) is 17.6 Å². The number of pyridine rings is 1. The normalized spacial score (nSPS) is 18.0. The van der Waals surface area contributed by atoms with Gasteiger partial charge in [-0.2, -0.15) is 5.10 Å². The highest BCUT2D eigenvalue weighted by Crippen LogP contribution is 2.31. The van der Waals surface area contributed by atoms with Crippen molar-refractivity contribution in [2.75, 3.05) is 18.9 Å². The van der Waals surface area contributed by atoms with E-state index in [0.29, 0.717) is 29.6 Å². The van der Waals surface area contributed by atoms with Crippen molar-refractivity contribution in [1.29, 1.82) is 0 Å². The largest absolute Gasteiger partial charge is 0.374 e. The number of nitrogens with one attached hydrogen (secondary N) is 1. The third-order valence-electron chi connectivity index (χ3n) is 5.52. The molecular weight excluding hydrogens is 462 g/mol. The lowest BCUT2D eigenvalue weighted by Crippen LogP contribution is -2.36. The Morgan fingerprint density at radius 1 is 1.20 bits per heavy atom. The van der Waals surface area contributed by atoms with E-state index in [-0.39, 0.29) is 18.1 Å². The van der Waals surface area contributed by atoms with Crippen molar-refractivity contribution in [2.24, 2.45) is 0 Å². The molecule has 0 radical (unpaired) electrons. The lowest BCUT2D eigenvalue weighted by atomic mass is 9.99. The number of aromatic nitrogens is 8. The Morgan fingerprint density at radius 3 is 2.80 bits per heavy atom. The molecule has 2 N–H and O–H groups in total. The number of rotatable bonds is 7. The van der Waals surface area contributed by atoms with Crippen LogP contribution in [0.4, 0.5) is 20.5 Å². The van der Waals surface area contributed by atoms with Crippen molar-refractivity contribution < 1.29 is 18.7 Å². The van der Waals surface area contributed by atoms with Gasteiger partial charge in [-0.25, -0.2) is 28.4 Å². The molecule has 5 heterocycles. The van der Waals surface area contributed by atoms with E-state index in [0.717, 1.165) is 4.68 Å². The molecule has 4 aromatic heterocycles. The standard InChI is InChI=1S/C21H20F2N10O2/c1-31-10-7-21(35,19(31)34)15-11-33(30-28-15)18-4-2-3-13(25-18)14-5-8-24-20(26-14)27-17-6-9-32(29-17)12-16(22)23/h2-6,8-9,11,16,35H,7,10,12H2,1H3,(H,24,26,27,29). The first-order valence-corrected chi connectivity index (χ1v) is 10.6. The number of alkyl halides is 2. The Morgan fingerprint density at radius 2 is 2.03 bits per heavy atom. The maximum absolute atomic E-state index is 12.5. The van der Waals surface area contributed by atoms with Gasteiger partial charge >= 0.3 is 0 Å². The molecule has 1 amide bonds. The molecular formula is C21H20F2N10O2. The van der Waals surface area contributed by atoms with Crippen molar-refractivity contribution in [3.63, 3.8) is 0 Å². The van der Waals surface area contributed by atoms with E-state index in [1.54, 1.807) is 37.4 Å². The zero-order valence-corrected chi connectivity index (χ0v) is 18.5. The topological polar surface area (TPSA) is 140 Å². The third-order valence-corrected chi connectivity index (χ3v) is 5.52. The van der Waals surface area contributed by atoms with Gasteiger partial charge in [0, 0.05) is 38.5 Å². The second kappa shape index (κ2) is 8.79. The average Bonchev–Trinajstić information content (AvgIpc) is 3.57. The van der Waals surface area contributed by atoms with Gasteiger partial charge in [-0.3, -0.25) is 9.48 Å². The van der Waals surface area contributed by atoms with Gasteiger partial charge < -0.3 is 15.3 Å². The minimum Gasteiger partial charge on any atom is -0.374 e. The third kappa shape index (κ3) is 4.42. The van der Waals surface area contributed by atoms with Crippen molar-refractivity contribution in [1.82, 2.24) is 44.6 Å². The molecule has 12 nitrogen and oxygen atoms in total. The first-order chi connectivity index (χ1) is 16.8. The highest BCUT2D eigenvalue weighted by atomic mass is 19.3. The Hall–Kier alpha value is -4.33.